The maximum atomic E-state index is 11.6. The Labute approximate surface area is 151 Å². The molecule has 0 saturated heterocycles. The van der Waals surface area contributed by atoms with Crippen LogP contribution in [-0.4, -0.2) is 12.6 Å². The van der Waals surface area contributed by atoms with Gasteiger partial charge in [-0.05, 0) is 38.0 Å². The monoisotopic (exact) mass is 338 g/mol. The maximum absolute atomic E-state index is 11.6. The summed E-state index contributed by atoms with van der Waals surface area (Å²) >= 11 is 0. The third-order valence-corrected chi connectivity index (χ3v) is 4.78. The van der Waals surface area contributed by atoms with Crippen LogP contribution in [-0.2, 0) is 9.53 Å². The minimum Gasteiger partial charge on any atom is -0.465 e. The minimum absolute atomic E-state index is 0.00657. The quantitative estimate of drug-likeness (QED) is 0.159. The number of ether oxygens (including phenoxy) is 1. The van der Waals surface area contributed by atoms with Gasteiger partial charge in [0.2, 0.25) is 0 Å². The molecule has 0 unspecified atom stereocenters. The van der Waals surface area contributed by atoms with Crippen molar-refractivity contribution in [3.8, 4) is 0 Å². The van der Waals surface area contributed by atoms with Gasteiger partial charge in [0.25, 0.3) is 0 Å². The van der Waals surface area contributed by atoms with Crippen molar-refractivity contribution in [1.82, 2.24) is 0 Å². The van der Waals surface area contributed by atoms with Gasteiger partial charge < -0.3 is 4.74 Å². The lowest BCUT2D eigenvalue weighted by Gasteiger charge is -2.12. The summed E-state index contributed by atoms with van der Waals surface area (Å²) in [5.74, 6) is 0.529. The van der Waals surface area contributed by atoms with Crippen molar-refractivity contribution in [1.29, 1.82) is 0 Å². The van der Waals surface area contributed by atoms with Gasteiger partial charge in [-0.2, -0.15) is 0 Å². The molecule has 0 aromatic heterocycles. The van der Waals surface area contributed by atoms with Gasteiger partial charge in [-0.25, -0.2) is 0 Å². The van der Waals surface area contributed by atoms with Crippen LogP contribution in [0.15, 0.2) is 12.2 Å². The lowest BCUT2D eigenvalue weighted by atomic mass is 10.1. The number of unbranched alkanes of at least 4 members (excludes halogenated alkanes) is 9. The van der Waals surface area contributed by atoms with Crippen molar-refractivity contribution >= 4 is 5.97 Å². The fourth-order valence-corrected chi connectivity index (χ4v) is 2.79. The van der Waals surface area contributed by atoms with Gasteiger partial charge in [0.05, 0.1) is 6.61 Å². The van der Waals surface area contributed by atoms with E-state index in [1.807, 2.05) is 0 Å². The first-order chi connectivity index (χ1) is 11.7. The van der Waals surface area contributed by atoms with Crippen molar-refractivity contribution < 1.29 is 9.53 Å². The highest BCUT2D eigenvalue weighted by atomic mass is 16.5. The molecular weight excluding hydrogens is 296 g/mol. The number of hydrogen-bond acceptors (Lipinski definition) is 2. The number of hydrogen-bond donors (Lipinski definition) is 0. The van der Waals surface area contributed by atoms with Gasteiger partial charge in [0, 0.05) is 6.42 Å². The number of esters is 1. The Morgan fingerprint density at radius 3 is 1.92 bits per heavy atom. The molecule has 0 aliphatic heterocycles. The summed E-state index contributed by atoms with van der Waals surface area (Å²) in [5, 5.41) is 0. The number of carbonyl (C=O) groups excluding carboxylic acids is 1. The second-order valence-corrected chi connectivity index (χ2v) is 6.99. The molecule has 0 amide bonds. The van der Waals surface area contributed by atoms with Crippen LogP contribution >= 0.6 is 0 Å². The molecule has 0 spiro atoms. The molecule has 0 rings (SSSR count). The van der Waals surface area contributed by atoms with Crippen LogP contribution < -0.4 is 0 Å². The molecule has 2 nitrogen and oxygen atoms in total. The van der Waals surface area contributed by atoms with Crippen LogP contribution in [0.4, 0.5) is 0 Å². The third kappa shape index (κ3) is 16.1. The summed E-state index contributed by atoms with van der Waals surface area (Å²) in [5.41, 5.74) is 0. The van der Waals surface area contributed by atoms with E-state index in [9.17, 15) is 4.79 Å². The second kappa shape index (κ2) is 18.5. The number of allylic oxidation sites excluding steroid dienone is 2. The van der Waals surface area contributed by atoms with Crippen LogP contribution in [0.5, 0.6) is 0 Å². The zero-order valence-electron chi connectivity index (χ0n) is 16.7. The van der Waals surface area contributed by atoms with Gasteiger partial charge in [-0.3, -0.25) is 4.79 Å². The molecule has 0 fully saturated rings. The first-order valence-electron chi connectivity index (χ1n) is 10.5. The molecule has 0 aliphatic carbocycles. The first-order valence-corrected chi connectivity index (χ1v) is 10.5. The van der Waals surface area contributed by atoms with Crippen molar-refractivity contribution in [3.05, 3.63) is 12.2 Å². The van der Waals surface area contributed by atoms with Crippen molar-refractivity contribution in [3.63, 3.8) is 0 Å². The lowest BCUT2D eigenvalue weighted by Crippen LogP contribution is -2.12. The normalized spacial score (nSPS) is 11.5. The summed E-state index contributed by atoms with van der Waals surface area (Å²) in [4.78, 5) is 11.6. The first kappa shape index (κ1) is 23.2. The molecule has 0 aliphatic rings. The molecule has 0 N–H and O–H groups in total. The van der Waals surface area contributed by atoms with Crippen LogP contribution in [0.1, 0.15) is 111 Å². The van der Waals surface area contributed by atoms with E-state index < -0.39 is 0 Å². The summed E-state index contributed by atoms with van der Waals surface area (Å²) in [6, 6.07) is 0. The van der Waals surface area contributed by atoms with Gasteiger partial charge in [0.1, 0.15) is 0 Å². The molecule has 142 valence electrons. The summed E-state index contributed by atoms with van der Waals surface area (Å²) < 4.78 is 5.34. The lowest BCUT2D eigenvalue weighted by molar-refractivity contribution is -0.145. The maximum Gasteiger partial charge on any atom is 0.305 e. The van der Waals surface area contributed by atoms with Crippen LogP contribution in [0, 0.1) is 5.92 Å². The summed E-state index contributed by atoms with van der Waals surface area (Å²) in [6.45, 7) is 7.18. The molecule has 24 heavy (non-hydrogen) atoms. The van der Waals surface area contributed by atoms with Gasteiger partial charge in [0.15, 0.2) is 0 Å². The van der Waals surface area contributed by atoms with E-state index in [1.54, 1.807) is 0 Å². The van der Waals surface area contributed by atoms with Crippen molar-refractivity contribution in [2.75, 3.05) is 6.61 Å². The Morgan fingerprint density at radius 1 is 0.792 bits per heavy atom. The van der Waals surface area contributed by atoms with E-state index in [-0.39, 0.29) is 5.97 Å². The van der Waals surface area contributed by atoms with E-state index >= 15 is 0 Å². The Bertz CT molecular complexity index is 292. The largest absolute Gasteiger partial charge is 0.465 e. The third-order valence-electron chi connectivity index (χ3n) is 4.78. The van der Waals surface area contributed by atoms with E-state index in [1.165, 1.54) is 57.8 Å². The second-order valence-electron chi connectivity index (χ2n) is 6.99. The molecule has 0 heterocycles. The van der Waals surface area contributed by atoms with E-state index in [0.29, 0.717) is 18.9 Å². The Morgan fingerprint density at radius 2 is 1.33 bits per heavy atom. The topological polar surface area (TPSA) is 26.3 Å². The van der Waals surface area contributed by atoms with Crippen LogP contribution in [0.3, 0.4) is 0 Å². The molecule has 0 saturated carbocycles. The number of rotatable bonds is 17. The average molecular weight is 339 g/mol. The van der Waals surface area contributed by atoms with Gasteiger partial charge in [-0.1, -0.05) is 84.3 Å². The van der Waals surface area contributed by atoms with Gasteiger partial charge >= 0.3 is 5.97 Å². The Balaban J connectivity index is 3.29. The van der Waals surface area contributed by atoms with Crippen LogP contribution in [0.25, 0.3) is 0 Å². The molecule has 2 heteroatoms. The number of carbonyl (C=O) groups is 1. The predicted octanol–water partition coefficient (Wildman–Crippen LogP) is 7.22. The average Bonchev–Trinajstić information content (AvgIpc) is 2.60. The highest BCUT2D eigenvalue weighted by Crippen LogP contribution is 2.11. The fraction of sp³-hybridized carbons (Fsp3) is 0.864. The molecule has 0 atom stereocenters. The fourth-order valence-electron chi connectivity index (χ4n) is 2.79. The van der Waals surface area contributed by atoms with Crippen LogP contribution in [0.2, 0.25) is 0 Å². The highest BCUT2D eigenvalue weighted by Gasteiger charge is 2.07. The minimum atomic E-state index is -0.00657. The highest BCUT2D eigenvalue weighted by molar-refractivity contribution is 5.69. The molecule has 0 bridgehead atoms. The molecule has 0 radical (unpaired) electrons. The van der Waals surface area contributed by atoms with Crippen molar-refractivity contribution in [2.24, 2.45) is 5.92 Å². The predicted molar refractivity (Wildman–Crippen MR) is 105 cm³/mol. The zero-order chi connectivity index (χ0) is 17.9. The standard InChI is InChI=1S/C22H42O2/c1-4-7-8-9-10-11-12-13-14-15-16-17-18-19-22(23)24-20-21(5-2)6-3/h11-12,21H,4-10,13-20H2,1-3H3/b12-11-. The molecule has 0 aromatic carbocycles. The zero-order valence-corrected chi connectivity index (χ0v) is 16.7. The van der Waals surface area contributed by atoms with E-state index in [0.717, 1.165) is 25.7 Å². The molecular formula is C22H42O2. The van der Waals surface area contributed by atoms with E-state index in [4.69, 9.17) is 4.74 Å². The SMILES string of the molecule is CCCCCC/C=C\CCCCCCCC(=O)OCC(CC)CC. The summed E-state index contributed by atoms with van der Waals surface area (Å²) in [6.07, 6.45) is 21.3. The Hall–Kier alpha value is -0.790. The van der Waals surface area contributed by atoms with E-state index in [2.05, 4.69) is 32.9 Å². The van der Waals surface area contributed by atoms with Gasteiger partial charge in [-0.15, -0.1) is 0 Å². The molecule has 0 aromatic rings. The Kier molecular flexibility index (Phi) is 17.9. The smallest absolute Gasteiger partial charge is 0.305 e. The van der Waals surface area contributed by atoms with Crippen molar-refractivity contribution in [2.45, 2.75) is 111 Å². The summed E-state index contributed by atoms with van der Waals surface area (Å²) in [7, 11) is 0.